The molecule has 5 nitrogen and oxygen atoms in total. The van der Waals surface area contributed by atoms with E-state index in [1.54, 1.807) is 6.20 Å². The van der Waals surface area contributed by atoms with E-state index in [1.165, 1.54) is 6.42 Å². The maximum absolute atomic E-state index is 6.10. The van der Waals surface area contributed by atoms with Crippen LogP contribution in [0.2, 0.25) is 0 Å². The molecule has 0 aliphatic carbocycles. The molecule has 2 saturated heterocycles. The molecule has 0 spiro atoms. The maximum Gasteiger partial charge on any atom is 0.202 e. The van der Waals surface area contributed by atoms with Gasteiger partial charge in [-0.05, 0) is 53.0 Å². The number of hydrogen-bond acceptors (Lipinski definition) is 4. The van der Waals surface area contributed by atoms with E-state index in [0.717, 1.165) is 25.1 Å². The molecule has 0 aromatic carbocycles. The summed E-state index contributed by atoms with van der Waals surface area (Å²) in [6.07, 6.45) is 4.71. The van der Waals surface area contributed by atoms with Crippen molar-refractivity contribution in [1.82, 2.24) is 9.78 Å². The largest absolute Gasteiger partial charge is 0.357 e. The Kier molecular flexibility index (Phi) is 3.39. The Bertz CT molecular complexity index is 459. The molecule has 3 rings (SSSR count). The van der Waals surface area contributed by atoms with Gasteiger partial charge in [-0.2, -0.15) is 5.10 Å². The summed E-state index contributed by atoms with van der Waals surface area (Å²) >= 11 is 0. The van der Waals surface area contributed by atoms with Gasteiger partial charge in [-0.1, -0.05) is 0 Å². The number of ether oxygens (including phenoxy) is 3. The summed E-state index contributed by atoms with van der Waals surface area (Å²) in [6.45, 7) is 9.04. The Morgan fingerprint density at radius 2 is 1.85 bits per heavy atom. The van der Waals surface area contributed by atoms with Crippen LogP contribution in [-0.4, -0.2) is 27.6 Å². The number of hydrogen-bond donors (Lipinski definition) is 0. The van der Waals surface area contributed by atoms with Crippen molar-refractivity contribution in [3.8, 4) is 0 Å². The molecule has 2 fully saturated rings. The molecule has 0 N–H and O–H groups in total. The van der Waals surface area contributed by atoms with Gasteiger partial charge < -0.3 is 14.2 Å². The van der Waals surface area contributed by atoms with E-state index in [0.29, 0.717) is 0 Å². The van der Waals surface area contributed by atoms with Gasteiger partial charge in [-0.3, -0.25) is 0 Å². The molecule has 5 heteroatoms. The van der Waals surface area contributed by atoms with E-state index in [9.17, 15) is 0 Å². The third kappa shape index (κ3) is 2.28. The van der Waals surface area contributed by atoms with Gasteiger partial charge in [0.05, 0.1) is 16.9 Å². The van der Waals surface area contributed by atoms with Crippen LogP contribution in [0.25, 0.3) is 0 Å². The van der Waals surface area contributed by atoms with Gasteiger partial charge in [-0.15, -0.1) is 0 Å². The van der Waals surface area contributed by atoms with Crippen molar-refractivity contribution in [1.29, 1.82) is 0 Å². The minimum atomic E-state index is -0.381. The molecule has 2 aliphatic rings. The third-order valence-electron chi connectivity index (χ3n) is 4.62. The average Bonchev–Trinajstić information content (AvgIpc) is 2.94. The summed E-state index contributed by atoms with van der Waals surface area (Å²) in [7, 11) is 0. The van der Waals surface area contributed by atoms with Crippen molar-refractivity contribution in [2.75, 3.05) is 6.61 Å². The van der Waals surface area contributed by atoms with E-state index in [-0.39, 0.29) is 23.7 Å². The van der Waals surface area contributed by atoms with E-state index >= 15 is 0 Å². The zero-order valence-corrected chi connectivity index (χ0v) is 12.8. The zero-order valence-electron chi connectivity index (χ0n) is 12.8. The first kappa shape index (κ1) is 14.0. The van der Waals surface area contributed by atoms with Crippen LogP contribution in [0.4, 0.5) is 0 Å². The van der Waals surface area contributed by atoms with Crippen molar-refractivity contribution >= 4 is 0 Å². The average molecular weight is 280 g/mol. The molecule has 112 valence electrons. The first-order valence-corrected chi connectivity index (χ1v) is 7.41. The first-order chi connectivity index (χ1) is 9.41. The normalized spacial score (nSPS) is 29.7. The molecular weight excluding hydrogens is 256 g/mol. The second-order valence-corrected chi connectivity index (χ2v) is 6.61. The molecule has 0 bridgehead atoms. The lowest BCUT2D eigenvalue weighted by Gasteiger charge is -2.30. The summed E-state index contributed by atoms with van der Waals surface area (Å²) in [6, 6.07) is 1.96. The highest BCUT2D eigenvalue weighted by molar-refractivity contribution is 5.08. The molecule has 0 radical (unpaired) electrons. The van der Waals surface area contributed by atoms with E-state index in [2.05, 4.69) is 32.8 Å². The van der Waals surface area contributed by atoms with Gasteiger partial charge in [0.2, 0.25) is 6.29 Å². The van der Waals surface area contributed by atoms with Gasteiger partial charge in [0, 0.05) is 12.8 Å². The van der Waals surface area contributed by atoms with Crippen LogP contribution in [0.3, 0.4) is 0 Å². The Hall–Kier alpha value is -0.910. The fraction of sp³-hybridized carbons (Fsp3) is 0.800. The SMILES string of the molecule is CC1(C)OC(c2ccnn2C2CCCCO2)OC1(C)C. The lowest BCUT2D eigenvalue weighted by molar-refractivity contribution is -0.106. The van der Waals surface area contributed by atoms with Gasteiger partial charge in [0.1, 0.15) is 0 Å². The molecule has 20 heavy (non-hydrogen) atoms. The Morgan fingerprint density at radius 1 is 1.15 bits per heavy atom. The molecule has 1 unspecified atom stereocenters. The van der Waals surface area contributed by atoms with Crippen molar-refractivity contribution < 1.29 is 14.2 Å². The smallest absolute Gasteiger partial charge is 0.202 e. The molecule has 1 aromatic heterocycles. The molecule has 0 saturated carbocycles. The van der Waals surface area contributed by atoms with Crippen LogP contribution >= 0.6 is 0 Å². The summed E-state index contributed by atoms with van der Waals surface area (Å²) in [5.41, 5.74) is 0.274. The van der Waals surface area contributed by atoms with Crippen LogP contribution in [0.5, 0.6) is 0 Å². The predicted octanol–water partition coefficient (Wildman–Crippen LogP) is 3.18. The summed E-state index contributed by atoms with van der Waals surface area (Å²) < 4.78 is 19.9. The Balaban J connectivity index is 1.84. The van der Waals surface area contributed by atoms with Crippen molar-refractivity contribution in [3.63, 3.8) is 0 Å². The molecule has 1 aromatic rings. The van der Waals surface area contributed by atoms with Gasteiger partial charge in [0.25, 0.3) is 0 Å². The molecule has 0 amide bonds. The van der Waals surface area contributed by atoms with Crippen LogP contribution in [0, 0.1) is 0 Å². The van der Waals surface area contributed by atoms with Crippen LogP contribution in [0.1, 0.15) is 65.2 Å². The Labute approximate surface area is 120 Å². The minimum absolute atomic E-state index is 0.00720. The predicted molar refractivity (Wildman–Crippen MR) is 74.1 cm³/mol. The highest BCUT2D eigenvalue weighted by Crippen LogP contribution is 2.45. The van der Waals surface area contributed by atoms with E-state index in [4.69, 9.17) is 14.2 Å². The van der Waals surface area contributed by atoms with Crippen molar-refractivity contribution in [2.45, 2.75) is 70.7 Å². The topological polar surface area (TPSA) is 45.5 Å². The molecular formula is C15H24N2O3. The number of nitrogens with zero attached hydrogens (tertiary/aromatic N) is 2. The van der Waals surface area contributed by atoms with Crippen molar-refractivity contribution in [3.05, 3.63) is 18.0 Å². The monoisotopic (exact) mass is 280 g/mol. The maximum atomic E-state index is 6.10. The van der Waals surface area contributed by atoms with Crippen LogP contribution in [0.15, 0.2) is 12.3 Å². The lowest BCUT2D eigenvalue weighted by atomic mass is 9.90. The zero-order chi connectivity index (χ0) is 14.4. The fourth-order valence-electron chi connectivity index (χ4n) is 2.63. The van der Waals surface area contributed by atoms with Gasteiger partial charge in [0.15, 0.2) is 6.23 Å². The number of rotatable bonds is 2. The third-order valence-corrected chi connectivity index (χ3v) is 4.62. The van der Waals surface area contributed by atoms with E-state index in [1.807, 2.05) is 10.7 Å². The standard InChI is InChI=1S/C15H24N2O3/c1-14(2)15(3,4)20-13(19-14)11-8-9-16-17(11)12-7-5-6-10-18-12/h8-9,12-13H,5-7,10H2,1-4H3. The highest BCUT2D eigenvalue weighted by atomic mass is 16.7. The highest BCUT2D eigenvalue weighted by Gasteiger charge is 2.50. The molecule has 1 atom stereocenters. The minimum Gasteiger partial charge on any atom is -0.357 e. The second-order valence-electron chi connectivity index (χ2n) is 6.61. The Morgan fingerprint density at radius 3 is 2.45 bits per heavy atom. The molecule has 2 aliphatic heterocycles. The van der Waals surface area contributed by atoms with Crippen LogP contribution in [-0.2, 0) is 14.2 Å². The van der Waals surface area contributed by atoms with E-state index < -0.39 is 0 Å². The summed E-state index contributed by atoms with van der Waals surface area (Å²) in [4.78, 5) is 0. The molecule has 3 heterocycles. The van der Waals surface area contributed by atoms with Gasteiger partial charge in [-0.25, -0.2) is 4.68 Å². The summed E-state index contributed by atoms with van der Waals surface area (Å²) in [5.74, 6) is 0. The van der Waals surface area contributed by atoms with Crippen LogP contribution < -0.4 is 0 Å². The number of aromatic nitrogens is 2. The lowest BCUT2D eigenvalue weighted by Crippen LogP contribution is -2.41. The van der Waals surface area contributed by atoms with Crippen molar-refractivity contribution in [2.24, 2.45) is 0 Å². The first-order valence-electron chi connectivity index (χ1n) is 7.41. The summed E-state index contributed by atoms with van der Waals surface area (Å²) in [5, 5.41) is 4.41. The quantitative estimate of drug-likeness (QED) is 0.834. The van der Waals surface area contributed by atoms with Gasteiger partial charge >= 0.3 is 0 Å². The second kappa shape index (κ2) is 4.83. The fourth-order valence-corrected chi connectivity index (χ4v) is 2.63.